The van der Waals surface area contributed by atoms with Gasteiger partial charge in [-0.05, 0) is 54.8 Å². The molecule has 1 saturated heterocycles. The third kappa shape index (κ3) is 4.92. The number of rotatable bonds is 7. The summed E-state index contributed by atoms with van der Waals surface area (Å²) >= 11 is 0. The van der Waals surface area contributed by atoms with E-state index in [0.29, 0.717) is 17.3 Å². The molecule has 192 valence electrons. The van der Waals surface area contributed by atoms with Crippen LogP contribution < -0.4 is 9.05 Å². The van der Waals surface area contributed by atoms with E-state index in [1.54, 1.807) is 24.3 Å². The molecule has 0 amide bonds. The molecular weight excluding hydrogens is 495 g/mol. The first kappa shape index (κ1) is 24.3. The highest BCUT2D eigenvalue weighted by molar-refractivity contribution is 7.53. The fourth-order valence-corrected chi connectivity index (χ4v) is 6.53. The van der Waals surface area contributed by atoms with Gasteiger partial charge in [-0.25, -0.2) is 4.57 Å². The Labute approximate surface area is 222 Å². The second kappa shape index (κ2) is 10.4. The quantitative estimate of drug-likeness (QED) is 0.121. The van der Waals surface area contributed by atoms with Crippen LogP contribution in [0.5, 0.6) is 11.5 Å². The third-order valence-corrected chi connectivity index (χ3v) is 8.20. The number of nitrogens with zero attached hydrogens (tertiary/aromatic N) is 2. The second-order valence-electron chi connectivity index (χ2n) is 9.47. The SMILES string of the molecule is CC(C(=NP(=O)(Oc1ccccc1)Oc1ccccc1)N1CCCC1)c1cccc2oc3ccccc3c12. The molecule has 6 rings (SSSR count). The van der Waals surface area contributed by atoms with Gasteiger partial charge in [-0.15, -0.1) is 4.76 Å². The summed E-state index contributed by atoms with van der Waals surface area (Å²) in [5, 5.41) is 2.10. The molecule has 1 fully saturated rings. The number of hydrogen-bond acceptors (Lipinski definition) is 4. The van der Waals surface area contributed by atoms with Crippen LogP contribution in [0.4, 0.5) is 0 Å². The molecule has 1 atom stereocenters. The topological polar surface area (TPSA) is 64.3 Å². The molecule has 7 heteroatoms. The smallest absolute Gasteiger partial charge is 0.456 e. The normalized spacial score (nSPS) is 15.2. The standard InChI is InChI=1S/C31H29N2O4P/c1-23(26-18-12-20-29-30(26)27-17-8-9-19-28(27)35-29)31(33-21-10-11-22-33)32-38(34,36-24-13-4-2-5-14-24)37-25-15-6-3-7-16-25/h2-9,12-20,23H,10-11,21-22H2,1H3. The van der Waals surface area contributed by atoms with Gasteiger partial charge >= 0.3 is 7.75 Å². The Bertz CT molecular complexity index is 1580. The Morgan fingerprint density at radius 1 is 0.789 bits per heavy atom. The number of para-hydroxylation sites is 3. The number of furan rings is 1. The average molecular weight is 525 g/mol. The van der Waals surface area contributed by atoms with Crippen molar-refractivity contribution in [3.05, 3.63) is 109 Å². The van der Waals surface area contributed by atoms with Crippen molar-refractivity contribution >= 4 is 35.5 Å². The first-order chi connectivity index (χ1) is 18.6. The summed E-state index contributed by atoms with van der Waals surface area (Å²) < 4.78 is 37.5. The van der Waals surface area contributed by atoms with Gasteiger partial charge in [0, 0.05) is 29.8 Å². The summed E-state index contributed by atoms with van der Waals surface area (Å²) in [7, 11) is -4.02. The van der Waals surface area contributed by atoms with Crippen molar-refractivity contribution in [2.75, 3.05) is 13.1 Å². The monoisotopic (exact) mass is 524 g/mol. The van der Waals surface area contributed by atoms with Crippen molar-refractivity contribution in [2.24, 2.45) is 4.76 Å². The minimum Gasteiger partial charge on any atom is -0.456 e. The molecule has 2 heterocycles. The summed E-state index contributed by atoms with van der Waals surface area (Å²) in [6.07, 6.45) is 2.10. The van der Waals surface area contributed by atoms with Crippen LogP contribution in [-0.2, 0) is 4.57 Å². The molecule has 0 radical (unpaired) electrons. The van der Waals surface area contributed by atoms with E-state index in [4.69, 9.17) is 18.2 Å². The number of fused-ring (bicyclic) bond motifs is 3. The van der Waals surface area contributed by atoms with Crippen LogP contribution in [-0.4, -0.2) is 23.8 Å². The minimum atomic E-state index is -4.02. The lowest BCUT2D eigenvalue weighted by Crippen LogP contribution is -2.32. The predicted molar refractivity (Wildman–Crippen MR) is 152 cm³/mol. The van der Waals surface area contributed by atoms with E-state index < -0.39 is 7.75 Å². The summed E-state index contributed by atoms with van der Waals surface area (Å²) in [4.78, 5) is 2.21. The van der Waals surface area contributed by atoms with Gasteiger partial charge in [0.2, 0.25) is 0 Å². The molecule has 1 unspecified atom stereocenters. The highest BCUT2D eigenvalue weighted by atomic mass is 31.2. The maximum atomic E-state index is 14.4. The molecule has 6 nitrogen and oxygen atoms in total. The van der Waals surface area contributed by atoms with E-state index in [2.05, 4.69) is 24.0 Å². The molecule has 0 bridgehead atoms. The van der Waals surface area contributed by atoms with Gasteiger partial charge in [0.15, 0.2) is 0 Å². The molecule has 0 spiro atoms. The Balaban J connectivity index is 1.48. The maximum absolute atomic E-state index is 14.4. The largest absolute Gasteiger partial charge is 0.565 e. The van der Waals surface area contributed by atoms with Gasteiger partial charge in [-0.2, -0.15) is 0 Å². The molecule has 0 aliphatic carbocycles. The van der Waals surface area contributed by atoms with Crippen LogP contribution in [0, 0.1) is 0 Å². The van der Waals surface area contributed by atoms with Crippen molar-refractivity contribution in [3.8, 4) is 11.5 Å². The van der Waals surface area contributed by atoms with Gasteiger partial charge in [0.05, 0.1) is 0 Å². The van der Waals surface area contributed by atoms with E-state index in [1.165, 1.54) is 0 Å². The van der Waals surface area contributed by atoms with Crippen LogP contribution >= 0.6 is 7.75 Å². The zero-order valence-electron chi connectivity index (χ0n) is 21.2. The highest BCUT2D eigenvalue weighted by Crippen LogP contribution is 2.51. The molecular formula is C31H29N2O4P. The molecule has 5 aromatic rings. The molecule has 38 heavy (non-hydrogen) atoms. The Hall–Kier alpha value is -4.02. The van der Waals surface area contributed by atoms with Crippen LogP contribution in [0.1, 0.15) is 31.2 Å². The number of amidine groups is 1. The van der Waals surface area contributed by atoms with Crippen molar-refractivity contribution in [3.63, 3.8) is 0 Å². The van der Waals surface area contributed by atoms with Crippen LogP contribution in [0.25, 0.3) is 21.9 Å². The molecule has 1 aromatic heterocycles. The average Bonchev–Trinajstić information content (AvgIpc) is 3.61. The Kier molecular flexibility index (Phi) is 6.65. The third-order valence-electron chi connectivity index (χ3n) is 6.87. The molecule has 1 aliphatic heterocycles. The lowest BCUT2D eigenvalue weighted by molar-refractivity contribution is 0.385. The van der Waals surface area contributed by atoms with E-state index in [0.717, 1.165) is 53.4 Å². The number of benzene rings is 4. The van der Waals surface area contributed by atoms with Crippen molar-refractivity contribution in [2.45, 2.75) is 25.7 Å². The van der Waals surface area contributed by atoms with E-state index in [-0.39, 0.29) is 5.92 Å². The number of likely N-dealkylation sites (tertiary alicyclic amines) is 1. The Morgan fingerprint density at radius 3 is 2.03 bits per heavy atom. The first-order valence-electron chi connectivity index (χ1n) is 12.9. The molecule has 0 N–H and O–H groups in total. The summed E-state index contributed by atoms with van der Waals surface area (Å²) in [6.45, 7) is 3.77. The van der Waals surface area contributed by atoms with Gasteiger partial charge < -0.3 is 18.4 Å². The van der Waals surface area contributed by atoms with Crippen LogP contribution in [0.2, 0.25) is 0 Å². The fraction of sp³-hybridized carbons (Fsp3) is 0.194. The number of hydrogen-bond donors (Lipinski definition) is 0. The molecule has 1 aliphatic rings. The van der Waals surface area contributed by atoms with Gasteiger partial charge in [-0.1, -0.05) is 73.7 Å². The van der Waals surface area contributed by atoms with Gasteiger partial charge in [-0.3, -0.25) is 0 Å². The summed E-state index contributed by atoms with van der Waals surface area (Å²) in [5.74, 6) is 1.37. The van der Waals surface area contributed by atoms with Gasteiger partial charge in [0.1, 0.15) is 28.5 Å². The second-order valence-corrected chi connectivity index (χ2v) is 11.0. The lowest BCUT2D eigenvalue weighted by Gasteiger charge is -2.27. The summed E-state index contributed by atoms with van der Waals surface area (Å²) in [5.41, 5.74) is 2.72. The Morgan fingerprint density at radius 2 is 1.37 bits per heavy atom. The maximum Gasteiger partial charge on any atom is 0.565 e. The van der Waals surface area contributed by atoms with E-state index in [1.807, 2.05) is 66.7 Å². The zero-order chi connectivity index (χ0) is 26.0. The highest BCUT2D eigenvalue weighted by Gasteiger charge is 2.34. The summed E-state index contributed by atoms with van der Waals surface area (Å²) in [6, 6.07) is 32.3. The zero-order valence-corrected chi connectivity index (χ0v) is 22.1. The molecule has 4 aromatic carbocycles. The van der Waals surface area contributed by atoms with E-state index in [9.17, 15) is 4.57 Å². The van der Waals surface area contributed by atoms with Crippen molar-refractivity contribution < 1.29 is 18.0 Å². The van der Waals surface area contributed by atoms with E-state index >= 15 is 0 Å². The van der Waals surface area contributed by atoms with Gasteiger partial charge in [0.25, 0.3) is 0 Å². The fourth-order valence-electron chi connectivity index (χ4n) is 5.09. The van der Waals surface area contributed by atoms with Crippen molar-refractivity contribution in [1.82, 2.24) is 4.90 Å². The minimum absolute atomic E-state index is 0.190. The van der Waals surface area contributed by atoms with Crippen LogP contribution in [0.3, 0.4) is 0 Å². The molecule has 0 saturated carbocycles. The lowest BCUT2D eigenvalue weighted by atomic mass is 9.94. The van der Waals surface area contributed by atoms with Crippen molar-refractivity contribution in [1.29, 1.82) is 0 Å². The van der Waals surface area contributed by atoms with Crippen LogP contribution in [0.15, 0.2) is 112 Å². The predicted octanol–water partition coefficient (Wildman–Crippen LogP) is 8.45. The first-order valence-corrected chi connectivity index (χ1v) is 14.4.